The van der Waals surface area contributed by atoms with Crippen LogP contribution in [0.25, 0.3) is 0 Å². The molecule has 0 spiro atoms. The van der Waals surface area contributed by atoms with Gasteiger partial charge in [0.15, 0.2) is 0 Å². The first-order chi connectivity index (χ1) is 9.06. The van der Waals surface area contributed by atoms with Gasteiger partial charge in [0, 0.05) is 10.4 Å². The predicted molar refractivity (Wildman–Crippen MR) is 81.8 cm³/mol. The lowest BCUT2D eigenvalue weighted by Crippen LogP contribution is -2.34. The summed E-state index contributed by atoms with van der Waals surface area (Å²) < 4.78 is 1.07. The minimum Gasteiger partial charge on any atom is -0.349 e. The number of halogens is 1. The third kappa shape index (κ3) is 4.07. The summed E-state index contributed by atoms with van der Waals surface area (Å²) in [5.74, 6) is 1.23. The molecular formula is C16H22BrNO. The second kappa shape index (κ2) is 6.56. The van der Waals surface area contributed by atoms with Gasteiger partial charge in [-0.2, -0.15) is 0 Å². The van der Waals surface area contributed by atoms with Crippen LogP contribution in [-0.2, 0) is 4.79 Å². The molecule has 104 valence electrons. The zero-order chi connectivity index (χ0) is 13.8. The smallest absolute Gasteiger partial charge is 0.223 e. The van der Waals surface area contributed by atoms with Crippen LogP contribution >= 0.6 is 15.9 Å². The highest BCUT2D eigenvalue weighted by atomic mass is 79.9. The molecule has 2 nitrogen and oxygen atoms in total. The summed E-state index contributed by atoms with van der Waals surface area (Å²) in [7, 11) is 0. The molecule has 0 radical (unpaired) electrons. The zero-order valence-corrected chi connectivity index (χ0v) is 13.2. The number of benzene rings is 1. The normalized spacial score (nSPS) is 24.8. The van der Waals surface area contributed by atoms with Crippen LogP contribution in [0.3, 0.4) is 0 Å². The summed E-state index contributed by atoms with van der Waals surface area (Å²) in [6, 6.07) is 8.22. The standard InChI is InChI=1S/C16H22BrNO/c1-11-3-5-14(6-4-11)16(19)18-12(2)13-7-9-15(17)10-8-13/h7-12,14H,3-6H2,1-2H3,(H,18,19). The van der Waals surface area contributed by atoms with Crippen LogP contribution in [0.1, 0.15) is 51.1 Å². The Morgan fingerprint density at radius 2 is 1.79 bits per heavy atom. The van der Waals surface area contributed by atoms with E-state index in [0.717, 1.165) is 28.8 Å². The van der Waals surface area contributed by atoms with Gasteiger partial charge in [-0.05, 0) is 56.2 Å². The van der Waals surface area contributed by atoms with Crippen LogP contribution in [0.5, 0.6) is 0 Å². The Morgan fingerprint density at radius 1 is 1.21 bits per heavy atom. The van der Waals surface area contributed by atoms with E-state index >= 15 is 0 Å². The fourth-order valence-electron chi connectivity index (χ4n) is 2.69. The van der Waals surface area contributed by atoms with Gasteiger partial charge in [-0.15, -0.1) is 0 Å². The first-order valence-corrected chi connectivity index (χ1v) is 7.91. The third-order valence-corrected chi connectivity index (χ3v) is 4.64. The minimum atomic E-state index is 0.0833. The highest BCUT2D eigenvalue weighted by molar-refractivity contribution is 9.10. The van der Waals surface area contributed by atoms with E-state index in [1.54, 1.807) is 0 Å². The second-order valence-electron chi connectivity index (χ2n) is 5.74. The molecule has 1 saturated carbocycles. The van der Waals surface area contributed by atoms with Gasteiger partial charge in [0.25, 0.3) is 0 Å². The molecular weight excluding hydrogens is 302 g/mol. The van der Waals surface area contributed by atoms with Crippen molar-refractivity contribution >= 4 is 21.8 Å². The first kappa shape index (κ1) is 14.6. The summed E-state index contributed by atoms with van der Waals surface area (Å²) >= 11 is 3.43. The van der Waals surface area contributed by atoms with Gasteiger partial charge in [-0.1, -0.05) is 35.0 Å². The van der Waals surface area contributed by atoms with Crippen LogP contribution in [0, 0.1) is 11.8 Å². The number of nitrogens with one attached hydrogen (secondary N) is 1. The first-order valence-electron chi connectivity index (χ1n) is 7.12. The molecule has 1 aromatic carbocycles. The number of hydrogen-bond acceptors (Lipinski definition) is 1. The Kier molecular flexibility index (Phi) is 5.03. The SMILES string of the molecule is CC1CCC(C(=O)NC(C)c2ccc(Br)cc2)CC1. The molecule has 0 bridgehead atoms. The molecule has 19 heavy (non-hydrogen) atoms. The molecule has 0 saturated heterocycles. The topological polar surface area (TPSA) is 29.1 Å². The van der Waals surface area contributed by atoms with Gasteiger partial charge in [-0.3, -0.25) is 4.79 Å². The average molecular weight is 324 g/mol. The Balaban J connectivity index is 1.89. The molecule has 0 aliphatic heterocycles. The lowest BCUT2D eigenvalue weighted by molar-refractivity contribution is -0.126. The predicted octanol–water partition coefficient (Wildman–Crippen LogP) is 4.45. The summed E-state index contributed by atoms with van der Waals surface area (Å²) in [5.41, 5.74) is 1.15. The molecule has 1 unspecified atom stereocenters. The summed E-state index contributed by atoms with van der Waals surface area (Å²) in [5, 5.41) is 3.15. The minimum absolute atomic E-state index is 0.0833. The van der Waals surface area contributed by atoms with Crippen molar-refractivity contribution in [2.45, 2.75) is 45.6 Å². The van der Waals surface area contributed by atoms with Crippen molar-refractivity contribution < 1.29 is 4.79 Å². The second-order valence-corrected chi connectivity index (χ2v) is 6.65. The van der Waals surface area contributed by atoms with E-state index in [9.17, 15) is 4.79 Å². The number of carbonyl (C=O) groups is 1. The molecule has 0 aromatic heterocycles. The van der Waals surface area contributed by atoms with E-state index in [2.05, 4.69) is 40.3 Å². The van der Waals surface area contributed by atoms with Gasteiger partial charge in [0.05, 0.1) is 6.04 Å². The van der Waals surface area contributed by atoms with Gasteiger partial charge in [0.2, 0.25) is 5.91 Å². The maximum Gasteiger partial charge on any atom is 0.223 e. The molecule has 0 heterocycles. The maximum absolute atomic E-state index is 12.2. The van der Waals surface area contributed by atoms with Crippen molar-refractivity contribution in [1.29, 1.82) is 0 Å². The van der Waals surface area contributed by atoms with Crippen LogP contribution in [0.4, 0.5) is 0 Å². The van der Waals surface area contributed by atoms with Gasteiger partial charge in [0.1, 0.15) is 0 Å². The van der Waals surface area contributed by atoms with Crippen molar-refractivity contribution in [2.75, 3.05) is 0 Å². The molecule has 1 N–H and O–H groups in total. The van der Waals surface area contributed by atoms with Gasteiger partial charge >= 0.3 is 0 Å². The molecule has 1 fully saturated rings. The number of hydrogen-bond donors (Lipinski definition) is 1. The summed E-state index contributed by atoms with van der Waals surface area (Å²) in [4.78, 5) is 12.2. The molecule has 1 atom stereocenters. The monoisotopic (exact) mass is 323 g/mol. The lowest BCUT2D eigenvalue weighted by Gasteiger charge is -2.26. The summed E-state index contributed by atoms with van der Waals surface area (Å²) in [6.45, 7) is 4.32. The molecule has 1 amide bonds. The summed E-state index contributed by atoms with van der Waals surface area (Å²) in [6.07, 6.45) is 4.45. The Morgan fingerprint density at radius 3 is 2.37 bits per heavy atom. The highest BCUT2D eigenvalue weighted by Crippen LogP contribution is 2.29. The van der Waals surface area contributed by atoms with Gasteiger partial charge < -0.3 is 5.32 Å². The number of amides is 1. The van der Waals surface area contributed by atoms with Crippen LogP contribution in [-0.4, -0.2) is 5.91 Å². The number of carbonyl (C=O) groups excluding carboxylic acids is 1. The van der Waals surface area contributed by atoms with E-state index in [1.165, 1.54) is 12.8 Å². The Bertz CT molecular complexity index is 421. The van der Waals surface area contributed by atoms with Crippen molar-refractivity contribution in [3.8, 4) is 0 Å². The third-order valence-electron chi connectivity index (χ3n) is 4.12. The molecule has 1 aromatic rings. The molecule has 2 rings (SSSR count). The van der Waals surface area contributed by atoms with E-state index in [-0.39, 0.29) is 17.9 Å². The molecule has 1 aliphatic rings. The fourth-order valence-corrected chi connectivity index (χ4v) is 2.95. The average Bonchev–Trinajstić information content (AvgIpc) is 2.40. The van der Waals surface area contributed by atoms with Gasteiger partial charge in [-0.25, -0.2) is 0 Å². The van der Waals surface area contributed by atoms with Crippen LogP contribution in [0.2, 0.25) is 0 Å². The quantitative estimate of drug-likeness (QED) is 0.874. The Hall–Kier alpha value is -0.830. The van der Waals surface area contributed by atoms with Crippen molar-refractivity contribution in [3.05, 3.63) is 34.3 Å². The fraction of sp³-hybridized carbons (Fsp3) is 0.562. The Labute approximate surface area is 124 Å². The van der Waals surface area contributed by atoms with Crippen molar-refractivity contribution in [3.63, 3.8) is 0 Å². The van der Waals surface area contributed by atoms with Crippen molar-refractivity contribution in [1.82, 2.24) is 5.32 Å². The molecule has 3 heteroatoms. The van der Waals surface area contributed by atoms with Crippen molar-refractivity contribution in [2.24, 2.45) is 11.8 Å². The number of rotatable bonds is 3. The van der Waals surface area contributed by atoms with E-state index < -0.39 is 0 Å². The van der Waals surface area contributed by atoms with E-state index in [0.29, 0.717) is 0 Å². The highest BCUT2D eigenvalue weighted by Gasteiger charge is 2.25. The van der Waals surface area contributed by atoms with Crippen LogP contribution < -0.4 is 5.32 Å². The zero-order valence-electron chi connectivity index (χ0n) is 11.7. The lowest BCUT2D eigenvalue weighted by atomic mass is 9.82. The maximum atomic E-state index is 12.2. The van der Waals surface area contributed by atoms with E-state index in [4.69, 9.17) is 0 Å². The largest absolute Gasteiger partial charge is 0.349 e. The van der Waals surface area contributed by atoms with Crippen LogP contribution in [0.15, 0.2) is 28.7 Å². The molecule has 1 aliphatic carbocycles. The van der Waals surface area contributed by atoms with E-state index in [1.807, 2.05) is 19.1 Å².